The fourth-order valence-corrected chi connectivity index (χ4v) is 1.80. The second-order valence-electron chi connectivity index (χ2n) is 4.37. The van der Waals surface area contributed by atoms with Gasteiger partial charge in [0, 0.05) is 12.7 Å². The third-order valence-electron chi connectivity index (χ3n) is 2.94. The van der Waals surface area contributed by atoms with Gasteiger partial charge in [-0.3, -0.25) is 4.98 Å². The molecule has 15 heavy (non-hydrogen) atoms. The number of hydrogen-bond donors (Lipinski definition) is 1. The summed E-state index contributed by atoms with van der Waals surface area (Å²) in [4.78, 5) is 6.67. The van der Waals surface area contributed by atoms with Gasteiger partial charge in [0.25, 0.3) is 0 Å². The van der Waals surface area contributed by atoms with Gasteiger partial charge < -0.3 is 10.2 Å². The molecule has 1 fully saturated rings. The van der Waals surface area contributed by atoms with Gasteiger partial charge in [0.2, 0.25) is 0 Å². The molecule has 0 aromatic carbocycles. The van der Waals surface area contributed by atoms with Crippen molar-refractivity contribution in [2.24, 2.45) is 5.92 Å². The van der Waals surface area contributed by atoms with Crippen molar-refractivity contribution < 1.29 is 0 Å². The molecule has 1 aromatic rings. The van der Waals surface area contributed by atoms with E-state index in [1.54, 1.807) is 0 Å². The molecule has 82 valence electrons. The van der Waals surface area contributed by atoms with Crippen LogP contribution in [0.3, 0.4) is 0 Å². The van der Waals surface area contributed by atoms with Crippen molar-refractivity contribution in [2.75, 3.05) is 26.7 Å². The van der Waals surface area contributed by atoms with Crippen LogP contribution in [0.1, 0.15) is 12.1 Å². The van der Waals surface area contributed by atoms with Crippen molar-refractivity contribution in [3.63, 3.8) is 0 Å². The third-order valence-corrected chi connectivity index (χ3v) is 2.94. The summed E-state index contributed by atoms with van der Waals surface area (Å²) in [5.74, 6) is 0.899. The predicted molar refractivity (Wildman–Crippen MR) is 61.5 cm³/mol. The van der Waals surface area contributed by atoms with E-state index >= 15 is 0 Å². The van der Waals surface area contributed by atoms with Gasteiger partial charge in [-0.05, 0) is 51.2 Å². The van der Waals surface area contributed by atoms with Crippen molar-refractivity contribution in [3.05, 3.63) is 30.1 Å². The SMILES string of the molecule is CN(CCC1CNC1)Cc1ccccn1. The van der Waals surface area contributed by atoms with E-state index in [1.807, 2.05) is 18.3 Å². The lowest BCUT2D eigenvalue weighted by atomic mass is 9.99. The zero-order chi connectivity index (χ0) is 10.5. The fraction of sp³-hybridized carbons (Fsp3) is 0.583. The Bertz CT molecular complexity index is 282. The Hall–Kier alpha value is -0.930. The topological polar surface area (TPSA) is 28.2 Å². The molecular weight excluding hydrogens is 186 g/mol. The van der Waals surface area contributed by atoms with Crippen LogP contribution in [0.25, 0.3) is 0 Å². The molecule has 2 heterocycles. The summed E-state index contributed by atoms with van der Waals surface area (Å²) in [6.45, 7) is 4.54. The average Bonchev–Trinajstić information content (AvgIpc) is 2.17. The Morgan fingerprint density at radius 1 is 1.47 bits per heavy atom. The lowest BCUT2D eigenvalue weighted by Crippen LogP contribution is -2.43. The van der Waals surface area contributed by atoms with Crippen LogP contribution < -0.4 is 5.32 Å². The second-order valence-corrected chi connectivity index (χ2v) is 4.37. The van der Waals surface area contributed by atoms with Gasteiger partial charge in [0.05, 0.1) is 5.69 Å². The fourth-order valence-electron chi connectivity index (χ4n) is 1.80. The first-order chi connectivity index (χ1) is 7.34. The molecule has 3 nitrogen and oxygen atoms in total. The summed E-state index contributed by atoms with van der Waals surface area (Å²) < 4.78 is 0. The largest absolute Gasteiger partial charge is 0.316 e. The Labute approximate surface area is 91.5 Å². The minimum absolute atomic E-state index is 0.899. The number of nitrogens with one attached hydrogen (secondary N) is 1. The lowest BCUT2D eigenvalue weighted by Gasteiger charge is -2.28. The van der Waals surface area contributed by atoms with E-state index in [2.05, 4.69) is 28.3 Å². The third kappa shape index (κ3) is 3.29. The van der Waals surface area contributed by atoms with E-state index in [1.165, 1.54) is 26.1 Å². The maximum absolute atomic E-state index is 4.33. The second kappa shape index (κ2) is 5.24. The number of pyridine rings is 1. The van der Waals surface area contributed by atoms with E-state index in [0.29, 0.717) is 0 Å². The molecule has 3 heteroatoms. The molecule has 2 rings (SSSR count). The molecule has 0 atom stereocenters. The van der Waals surface area contributed by atoms with E-state index in [-0.39, 0.29) is 0 Å². The Kier molecular flexibility index (Phi) is 3.69. The highest BCUT2D eigenvalue weighted by Crippen LogP contribution is 2.09. The Morgan fingerprint density at radius 3 is 2.93 bits per heavy atom. The molecule has 0 bridgehead atoms. The molecule has 0 spiro atoms. The Morgan fingerprint density at radius 2 is 2.33 bits per heavy atom. The van der Waals surface area contributed by atoms with E-state index in [0.717, 1.165) is 18.2 Å². The zero-order valence-corrected chi connectivity index (χ0v) is 9.32. The summed E-state index contributed by atoms with van der Waals surface area (Å²) in [5, 5.41) is 3.30. The van der Waals surface area contributed by atoms with E-state index in [4.69, 9.17) is 0 Å². The van der Waals surface area contributed by atoms with Gasteiger partial charge >= 0.3 is 0 Å². The first-order valence-corrected chi connectivity index (χ1v) is 5.64. The summed E-state index contributed by atoms with van der Waals surface area (Å²) in [7, 11) is 2.17. The molecule has 1 saturated heterocycles. The maximum Gasteiger partial charge on any atom is 0.0543 e. The first-order valence-electron chi connectivity index (χ1n) is 5.64. The van der Waals surface area contributed by atoms with Gasteiger partial charge in [-0.25, -0.2) is 0 Å². The van der Waals surface area contributed by atoms with Crippen LogP contribution in [0.5, 0.6) is 0 Å². The molecule has 0 amide bonds. The summed E-state index contributed by atoms with van der Waals surface area (Å²) in [6.07, 6.45) is 3.16. The maximum atomic E-state index is 4.33. The van der Waals surface area contributed by atoms with Crippen LogP contribution in [0.15, 0.2) is 24.4 Å². The normalized spacial score (nSPS) is 16.7. The highest BCUT2D eigenvalue weighted by molar-refractivity contribution is 5.02. The van der Waals surface area contributed by atoms with Crippen molar-refractivity contribution in [1.29, 1.82) is 0 Å². The monoisotopic (exact) mass is 205 g/mol. The number of nitrogens with zero attached hydrogens (tertiary/aromatic N) is 2. The van der Waals surface area contributed by atoms with Crippen LogP contribution in [-0.4, -0.2) is 36.6 Å². The van der Waals surface area contributed by atoms with Crippen molar-refractivity contribution in [3.8, 4) is 0 Å². The summed E-state index contributed by atoms with van der Waals surface area (Å²) >= 11 is 0. The quantitative estimate of drug-likeness (QED) is 0.781. The van der Waals surface area contributed by atoms with Crippen LogP contribution >= 0.6 is 0 Å². The van der Waals surface area contributed by atoms with Gasteiger partial charge in [-0.15, -0.1) is 0 Å². The number of rotatable bonds is 5. The van der Waals surface area contributed by atoms with Crippen molar-refractivity contribution in [1.82, 2.24) is 15.2 Å². The standard InChI is InChI=1S/C12H19N3/c1-15(7-5-11-8-13-9-11)10-12-4-2-3-6-14-12/h2-4,6,11,13H,5,7-10H2,1H3. The van der Waals surface area contributed by atoms with Crippen molar-refractivity contribution in [2.45, 2.75) is 13.0 Å². The minimum Gasteiger partial charge on any atom is -0.316 e. The van der Waals surface area contributed by atoms with Crippen LogP contribution in [0.2, 0.25) is 0 Å². The summed E-state index contributed by atoms with van der Waals surface area (Å²) in [5.41, 5.74) is 1.16. The van der Waals surface area contributed by atoms with Gasteiger partial charge in [-0.2, -0.15) is 0 Å². The number of aromatic nitrogens is 1. The minimum atomic E-state index is 0.899. The molecule has 0 aliphatic carbocycles. The molecule has 0 radical (unpaired) electrons. The van der Waals surface area contributed by atoms with Crippen LogP contribution in [0, 0.1) is 5.92 Å². The predicted octanol–water partition coefficient (Wildman–Crippen LogP) is 1.12. The van der Waals surface area contributed by atoms with Crippen molar-refractivity contribution >= 4 is 0 Å². The highest BCUT2D eigenvalue weighted by Gasteiger charge is 2.16. The highest BCUT2D eigenvalue weighted by atomic mass is 15.1. The Balaban J connectivity index is 1.69. The molecule has 0 saturated carbocycles. The smallest absolute Gasteiger partial charge is 0.0543 e. The van der Waals surface area contributed by atoms with Gasteiger partial charge in [-0.1, -0.05) is 6.07 Å². The molecular formula is C12H19N3. The molecule has 1 aliphatic rings. The van der Waals surface area contributed by atoms with Crippen LogP contribution in [-0.2, 0) is 6.54 Å². The molecule has 1 aliphatic heterocycles. The zero-order valence-electron chi connectivity index (χ0n) is 9.32. The summed E-state index contributed by atoms with van der Waals surface area (Å²) in [6, 6.07) is 6.09. The van der Waals surface area contributed by atoms with Gasteiger partial charge in [0.15, 0.2) is 0 Å². The van der Waals surface area contributed by atoms with E-state index < -0.39 is 0 Å². The molecule has 1 aromatic heterocycles. The average molecular weight is 205 g/mol. The van der Waals surface area contributed by atoms with Crippen LogP contribution in [0.4, 0.5) is 0 Å². The molecule has 1 N–H and O–H groups in total. The number of hydrogen-bond acceptors (Lipinski definition) is 3. The molecule has 0 unspecified atom stereocenters. The first kappa shape index (κ1) is 10.6. The van der Waals surface area contributed by atoms with Gasteiger partial charge in [0.1, 0.15) is 0 Å². The lowest BCUT2D eigenvalue weighted by molar-refractivity contribution is 0.251. The van der Waals surface area contributed by atoms with E-state index in [9.17, 15) is 0 Å².